The summed E-state index contributed by atoms with van der Waals surface area (Å²) in [5.41, 5.74) is 5.88. The molecule has 4 nitrogen and oxygen atoms in total. The van der Waals surface area contributed by atoms with E-state index < -0.39 is 0 Å². The SMILES string of the molecule is CCN1CCCC1CNC(N)=NCc1cccs1. The summed E-state index contributed by atoms with van der Waals surface area (Å²) in [4.78, 5) is 8.10. The van der Waals surface area contributed by atoms with Gasteiger partial charge < -0.3 is 11.1 Å². The van der Waals surface area contributed by atoms with Gasteiger partial charge in [0.2, 0.25) is 0 Å². The number of nitrogens with zero attached hydrogens (tertiary/aromatic N) is 2. The maximum atomic E-state index is 5.88. The second-order valence-electron chi connectivity index (χ2n) is 4.59. The lowest BCUT2D eigenvalue weighted by Gasteiger charge is -2.23. The van der Waals surface area contributed by atoms with Gasteiger partial charge in [0.15, 0.2) is 5.96 Å². The molecule has 1 atom stereocenters. The van der Waals surface area contributed by atoms with E-state index in [0.717, 1.165) is 13.1 Å². The summed E-state index contributed by atoms with van der Waals surface area (Å²) in [5, 5.41) is 5.30. The fraction of sp³-hybridized carbons (Fsp3) is 0.615. The van der Waals surface area contributed by atoms with Crippen molar-refractivity contribution in [2.75, 3.05) is 19.6 Å². The second-order valence-corrected chi connectivity index (χ2v) is 5.62. The van der Waals surface area contributed by atoms with Gasteiger partial charge in [-0.05, 0) is 37.4 Å². The second kappa shape index (κ2) is 6.75. The van der Waals surface area contributed by atoms with E-state index in [1.165, 1.54) is 24.3 Å². The third-order valence-corrected chi connectivity index (χ3v) is 4.27. The first-order chi connectivity index (χ1) is 8.79. The van der Waals surface area contributed by atoms with Gasteiger partial charge >= 0.3 is 0 Å². The Hall–Kier alpha value is -1.07. The van der Waals surface area contributed by atoms with Crippen molar-refractivity contribution in [3.8, 4) is 0 Å². The molecule has 1 saturated heterocycles. The standard InChI is InChI=1S/C13H22N4S/c1-2-17-7-3-5-11(17)9-15-13(14)16-10-12-6-4-8-18-12/h4,6,8,11H,2-3,5,7,9-10H2,1H3,(H3,14,15,16). The van der Waals surface area contributed by atoms with Crippen LogP contribution in [0.4, 0.5) is 0 Å². The van der Waals surface area contributed by atoms with Gasteiger partial charge in [-0.25, -0.2) is 4.99 Å². The molecule has 2 rings (SSSR count). The Kier molecular flexibility index (Phi) is 5.01. The van der Waals surface area contributed by atoms with E-state index in [1.54, 1.807) is 11.3 Å². The van der Waals surface area contributed by atoms with Crippen molar-refractivity contribution in [2.24, 2.45) is 10.7 Å². The smallest absolute Gasteiger partial charge is 0.189 e. The van der Waals surface area contributed by atoms with Gasteiger partial charge in [-0.3, -0.25) is 4.90 Å². The lowest BCUT2D eigenvalue weighted by Crippen LogP contribution is -2.42. The highest BCUT2D eigenvalue weighted by atomic mass is 32.1. The lowest BCUT2D eigenvalue weighted by atomic mass is 10.2. The Morgan fingerprint density at radius 3 is 3.28 bits per heavy atom. The fourth-order valence-corrected chi connectivity index (χ4v) is 3.01. The van der Waals surface area contributed by atoms with Crippen LogP contribution in [0.25, 0.3) is 0 Å². The van der Waals surface area contributed by atoms with Crippen molar-refractivity contribution in [1.29, 1.82) is 0 Å². The molecule has 1 fully saturated rings. The molecule has 0 amide bonds. The molecule has 0 saturated carbocycles. The minimum Gasteiger partial charge on any atom is -0.370 e. The zero-order chi connectivity index (χ0) is 12.8. The largest absolute Gasteiger partial charge is 0.370 e. The van der Waals surface area contributed by atoms with Crippen LogP contribution < -0.4 is 11.1 Å². The zero-order valence-corrected chi connectivity index (χ0v) is 11.7. The van der Waals surface area contributed by atoms with Gasteiger partial charge in [0, 0.05) is 17.5 Å². The van der Waals surface area contributed by atoms with E-state index in [4.69, 9.17) is 5.73 Å². The topological polar surface area (TPSA) is 53.6 Å². The van der Waals surface area contributed by atoms with Crippen LogP contribution in [0.15, 0.2) is 22.5 Å². The summed E-state index contributed by atoms with van der Waals surface area (Å²) in [6, 6.07) is 4.74. The molecule has 0 spiro atoms. The Labute approximate surface area is 113 Å². The summed E-state index contributed by atoms with van der Waals surface area (Å²) in [6.45, 7) is 6.15. The van der Waals surface area contributed by atoms with Gasteiger partial charge in [0.05, 0.1) is 6.54 Å². The molecule has 5 heteroatoms. The molecule has 3 N–H and O–H groups in total. The maximum absolute atomic E-state index is 5.88. The van der Waals surface area contributed by atoms with Crippen molar-refractivity contribution in [3.05, 3.63) is 22.4 Å². The monoisotopic (exact) mass is 266 g/mol. The van der Waals surface area contributed by atoms with Gasteiger partial charge in [0.25, 0.3) is 0 Å². The molecule has 18 heavy (non-hydrogen) atoms. The molecule has 1 aliphatic heterocycles. The molecule has 0 bridgehead atoms. The molecule has 2 heterocycles. The van der Waals surface area contributed by atoms with Crippen LogP contribution in [0, 0.1) is 0 Å². The summed E-state index contributed by atoms with van der Waals surface area (Å²) in [5.74, 6) is 0.561. The highest BCUT2D eigenvalue weighted by Crippen LogP contribution is 2.15. The normalized spacial score (nSPS) is 21.4. The predicted molar refractivity (Wildman–Crippen MR) is 77.9 cm³/mol. The number of hydrogen-bond donors (Lipinski definition) is 2. The fourth-order valence-electron chi connectivity index (χ4n) is 2.39. The van der Waals surface area contributed by atoms with E-state index in [9.17, 15) is 0 Å². The predicted octanol–water partition coefficient (Wildman–Crippen LogP) is 1.64. The third-order valence-electron chi connectivity index (χ3n) is 3.41. The molecule has 0 radical (unpaired) electrons. The van der Waals surface area contributed by atoms with Crippen LogP contribution in [-0.2, 0) is 6.54 Å². The number of rotatable bonds is 5. The summed E-state index contributed by atoms with van der Waals surface area (Å²) >= 11 is 1.71. The zero-order valence-electron chi connectivity index (χ0n) is 10.9. The molecule has 1 aromatic heterocycles. The highest BCUT2D eigenvalue weighted by Gasteiger charge is 2.22. The number of nitrogens with one attached hydrogen (secondary N) is 1. The molecule has 0 aromatic carbocycles. The Morgan fingerprint density at radius 2 is 2.56 bits per heavy atom. The summed E-state index contributed by atoms with van der Waals surface area (Å²) in [7, 11) is 0. The van der Waals surface area contributed by atoms with E-state index in [0.29, 0.717) is 18.5 Å². The number of guanidine groups is 1. The maximum Gasteiger partial charge on any atom is 0.189 e. The Balaban J connectivity index is 1.74. The van der Waals surface area contributed by atoms with Crippen molar-refractivity contribution < 1.29 is 0 Å². The van der Waals surface area contributed by atoms with Gasteiger partial charge in [-0.15, -0.1) is 11.3 Å². The molecular weight excluding hydrogens is 244 g/mol. The van der Waals surface area contributed by atoms with Gasteiger partial charge in [-0.1, -0.05) is 13.0 Å². The first-order valence-electron chi connectivity index (χ1n) is 6.60. The molecule has 1 aliphatic rings. The quantitative estimate of drug-likeness (QED) is 0.629. The first-order valence-corrected chi connectivity index (χ1v) is 7.47. The first kappa shape index (κ1) is 13.4. The molecule has 0 aliphatic carbocycles. The van der Waals surface area contributed by atoms with Crippen LogP contribution in [0.1, 0.15) is 24.6 Å². The van der Waals surface area contributed by atoms with Crippen LogP contribution in [0.5, 0.6) is 0 Å². The van der Waals surface area contributed by atoms with E-state index in [2.05, 4.69) is 33.6 Å². The molecular formula is C13H22N4S. The number of aliphatic imine (C=N–C) groups is 1. The molecule has 1 aromatic rings. The summed E-state index contributed by atoms with van der Waals surface area (Å²) < 4.78 is 0. The number of likely N-dealkylation sites (tertiary alicyclic amines) is 1. The van der Waals surface area contributed by atoms with Crippen LogP contribution in [-0.4, -0.2) is 36.5 Å². The minimum atomic E-state index is 0.561. The Bertz CT molecular complexity index is 374. The van der Waals surface area contributed by atoms with Crippen LogP contribution in [0.3, 0.4) is 0 Å². The van der Waals surface area contributed by atoms with Crippen molar-refractivity contribution in [3.63, 3.8) is 0 Å². The van der Waals surface area contributed by atoms with Gasteiger partial charge in [-0.2, -0.15) is 0 Å². The van der Waals surface area contributed by atoms with Crippen LogP contribution in [0.2, 0.25) is 0 Å². The summed E-state index contributed by atoms with van der Waals surface area (Å²) in [6.07, 6.45) is 2.56. The third kappa shape index (κ3) is 3.71. The lowest BCUT2D eigenvalue weighted by molar-refractivity contribution is 0.267. The number of nitrogens with two attached hydrogens (primary N) is 1. The highest BCUT2D eigenvalue weighted by molar-refractivity contribution is 7.09. The van der Waals surface area contributed by atoms with E-state index in [-0.39, 0.29) is 0 Å². The average molecular weight is 266 g/mol. The number of hydrogen-bond acceptors (Lipinski definition) is 3. The van der Waals surface area contributed by atoms with Gasteiger partial charge in [0.1, 0.15) is 0 Å². The van der Waals surface area contributed by atoms with Crippen molar-refractivity contribution >= 4 is 17.3 Å². The van der Waals surface area contributed by atoms with E-state index in [1.807, 2.05) is 6.07 Å². The van der Waals surface area contributed by atoms with Crippen molar-refractivity contribution in [2.45, 2.75) is 32.4 Å². The average Bonchev–Trinajstić information content (AvgIpc) is 3.04. The minimum absolute atomic E-state index is 0.561. The molecule has 1 unspecified atom stereocenters. The molecule has 100 valence electrons. The van der Waals surface area contributed by atoms with Crippen LogP contribution >= 0.6 is 11.3 Å². The Morgan fingerprint density at radius 1 is 1.67 bits per heavy atom. The number of likely N-dealkylation sites (N-methyl/N-ethyl adjacent to an activating group) is 1. The van der Waals surface area contributed by atoms with E-state index >= 15 is 0 Å². The van der Waals surface area contributed by atoms with Crippen molar-refractivity contribution in [1.82, 2.24) is 10.2 Å². The number of thiophene rings is 1.